The SMILES string of the molecule is CN(C)C(=O)Cc1ccc(NC(=O)Nc2cccc(N3CCNC3=O)c2)cc1. The topological polar surface area (TPSA) is 93.8 Å². The fourth-order valence-corrected chi connectivity index (χ4v) is 2.80. The largest absolute Gasteiger partial charge is 0.349 e. The Morgan fingerprint density at radius 2 is 1.79 bits per heavy atom. The molecule has 0 saturated carbocycles. The third-order valence-corrected chi connectivity index (χ3v) is 4.34. The molecule has 1 heterocycles. The van der Waals surface area contributed by atoms with Crippen molar-refractivity contribution in [1.82, 2.24) is 10.2 Å². The summed E-state index contributed by atoms with van der Waals surface area (Å²) in [4.78, 5) is 38.9. The second-order valence-electron chi connectivity index (χ2n) is 6.67. The van der Waals surface area contributed by atoms with Crippen molar-refractivity contribution in [2.75, 3.05) is 42.7 Å². The lowest BCUT2D eigenvalue weighted by Gasteiger charge is -2.15. The van der Waals surface area contributed by atoms with Gasteiger partial charge in [-0.2, -0.15) is 0 Å². The lowest BCUT2D eigenvalue weighted by molar-refractivity contribution is -0.127. The molecule has 2 aromatic rings. The molecule has 0 aliphatic carbocycles. The molecule has 0 aromatic heterocycles. The summed E-state index contributed by atoms with van der Waals surface area (Å²) in [5.74, 6) is 0.0185. The van der Waals surface area contributed by atoms with Crippen molar-refractivity contribution in [2.24, 2.45) is 0 Å². The number of nitrogens with one attached hydrogen (secondary N) is 3. The highest BCUT2D eigenvalue weighted by molar-refractivity contribution is 6.01. The molecular weight excluding hydrogens is 358 g/mol. The van der Waals surface area contributed by atoms with E-state index < -0.39 is 0 Å². The van der Waals surface area contributed by atoms with Gasteiger partial charge < -0.3 is 20.9 Å². The zero-order valence-electron chi connectivity index (χ0n) is 15.9. The first-order valence-electron chi connectivity index (χ1n) is 8.95. The molecule has 0 radical (unpaired) electrons. The van der Waals surface area contributed by atoms with E-state index in [-0.39, 0.29) is 18.0 Å². The van der Waals surface area contributed by atoms with Crippen molar-refractivity contribution >= 4 is 35.0 Å². The molecule has 0 atom stereocenters. The normalized spacial score (nSPS) is 13.1. The number of urea groups is 2. The zero-order valence-corrected chi connectivity index (χ0v) is 15.9. The summed E-state index contributed by atoms with van der Waals surface area (Å²) in [5.41, 5.74) is 2.81. The number of amides is 5. The molecule has 3 N–H and O–H groups in total. The molecule has 5 amide bonds. The number of hydrogen-bond donors (Lipinski definition) is 3. The summed E-state index contributed by atoms with van der Waals surface area (Å²) in [6, 6.07) is 13.7. The molecule has 1 aliphatic rings. The lowest BCUT2D eigenvalue weighted by atomic mass is 10.1. The first kappa shape index (κ1) is 19.2. The van der Waals surface area contributed by atoms with E-state index in [1.54, 1.807) is 54.2 Å². The summed E-state index contributed by atoms with van der Waals surface area (Å²) in [6.07, 6.45) is 0.316. The molecule has 0 spiro atoms. The quantitative estimate of drug-likeness (QED) is 0.743. The number of hydrogen-bond acceptors (Lipinski definition) is 3. The first-order valence-corrected chi connectivity index (χ1v) is 8.95. The van der Waals surface area contributed by atoms with E-state index >= 15 is 0 Å². The number of likely N-dealkylation sites (N-methyl/N-ethyl adjacent to an activating group) is 1. The molecule has 1 aliphatic heterocycles. The lowest BCUT2D eigenvalue weighted by Crippen LogP contribution is -2.27. The van der Waals surface area contributed by atoms with Crippen molar-refractivity contribution in [2.45, 2.75) is 6.42 Å². The highest BCUT2D eigenvalue weighted by Gasteiger charge is 2.21. The molecule has 0 unspecified atom stereocenters. The molecule has 2 aromatic carbocycles. The van der Waals surface area contributed by atoms with Crippen LogP contribution in [-0.4, -0.2) is 50.1 Å². The van der Waals surface area contributed by atoms with Gasteiger partial charge in [0.25, 0.3) is 0 Å². The highest BCUT2D eigenvalue weighted by Crippen LogP contribution is 2.21. The van der Waals surface area contributed by atoms with E-state index in [1.165, 1.54) is 0 Å². The Hall–Kier alpha value is -3.55. The van der Waals surface area contributed by atoms with Gasteiger partial charge in [-0.3, -0.25) is 9.69 Å². The monoisotopic (exact) mass is 381 g/mol. The van der Waals surface area contributed by atoms with Gasteiger partial charge in [0.2, 0.25) is 5.91 Å². The summed E-state index contributed by atoms with van der Waals surface area (Å²) in [6.45, 7) is 1.20. The number of anilines is 3. The fraction of sp³-hybridized carbons (Fsp3) is 0.250. The molecule has 8 heteroatoms. The predicted octanol–water partition coefficient (Wildman–Crippen LogP) is 2.49. The number of nitrogens with zero attached hydrogens (tertiary/aromatic N) is 2. The average molecular weight is 381 g/mol. The second-order valence-corrected chi connectivity index (χ2v) is 6.67. The van der Waals surface area contributed by atoms with Gasteiger partial charge in [-0.1, -0.05) is 18.2 Å². The summed E-state index contributed by atoms with van der Waals surface area (Å²) >= 11 is 0. The van der Waals surface area contributed by atoms with Crippen molar-refractivity contribution in [3.63, 3.8) is 0 Å². The molecule has 8 nitrogen and oxygen atoms in total. The van der Waals surface area contributed by atoms with E-state index in [0.29, 0.717) is 30.9 Å². The van der Waals surface area contributed by atoms with Crippen LogP contribution in [0.3, 0.4) is 0 Å². The minimum atomic E-state index is -0.389. The van der Waals surface area contributed by atoms with Crippen LogP contribution in [0.1, 0.15) is 5.56 Å². The molecule has 146 valence electrons. The smallest absolute Gasteiger partial charge is 0.323 e. The first-order chi connectivity index (χ1) is 13.4. The van der Waals surface area contributed by atoms with Crippen molar-refractivity contribution in [3.8, 4) is 0 Å². The summed E-state index contributed by atoms with van der Waals surface area (Å²) < 4.78 is 0. The third kappa shape index (κ3) is 4.79. The maximum absolute atomic E-state index is 12.3. The van der Waals surface area contributed by atoms with Gasteiger partial charge in [-0.05, 0) is 35.9 Å². The number of benzene rings is 2. The van der Waals surface area contributed by atoms with Crippen LogP contribution in [0.4, 0.5) is 26.7 Å². The minimum absolute atomic E-state index is 0.0185. The van der Waals surface area contributed by atoms with Gasteiger partial charge in [0.15, 0.2) is 0 Å². The van der Waals surface area contributed by atoms with E-state index in [1.807, 2.05) is 18.2 Å². The van der Waals surface area contributed by atoms with Crippen LogP contribution in [-0.2, 0) is 11.2 Å². The Morgan fingerprint density at radius 3 is 2.43 bits per heavy atom. The predicted molar refractivity (Wildman–Crippen MR) is 109 cm³/mol. The van der Waals surface area contributed by atoms with Crippen LogP contribution < -0.4 is 20.9 Å². The standard InChI is InChI=1S/C20H23N5O3/c1-24(2)18(26)12-14-6-8-15(9-7-14)22-19(27)23-16-4-3-5-17(13-16)25-11-10-21-20(25)28/h3-9,13H,10-12H2,1-2H3,(H,21,28)(H2,22,23,27). The Balaban J connectivity index is 1.58. The summed E-state index contributed by atoms with van der Waals surface area (Å²) in [7, 11) is 3.43. The van der Waals surface area contributed by atoms with E-state index in [9.17, 15) is 14.4 Å². The highest BCUT2D eigenvalue weighted by atomic mass is 16.2. The molecular formula is C20H23N5O3. The van der Waals surface area contributed by atoms with Gasteiger partial charge in [0.05, 0.1) is 6.42 Å². The zero-order chi connectivity index (χ0) is 20.1. The van der Waals surface area contributed by atoms with Crippen LogP contribution in [0.15, 0.2) is 48.5 Å². The van der Waals surface area contributed by atoms with Gasteiger partial charge in [0.1, 0.15) is 0 Å². The second kappa shape index (κ2) is 8.43. The minimum Gasteiger partial charge on any atom is -0.349 e. The van der Waals surface area contributed by atoms with Gasteiger partial charge in [0, 0.05) is 44.2 Å². The van der Waals surface area contributed by atoms with Crippen LogP contribution in [0.2, 0.25) is 0 Å². The fourth-order valence-electron chi connectivity index (χ4n) is 2.80. The Bertz CT molecular complexity index is 880. The molecule has 3 rings (SSSR count). The van der Waals surface area contributed by atoms with Crippen LogP contribution in [0.25, 0.3) is 0 Å². The van der Waals surface area contributed by atoms with Crippen molar-refractivity contribution < 1.29 is 14.4 Å². The van der Waals surface area contributed by atoms with E-state index in [4.69, 9.17) is 0 Å². The Kier molecular flexibility index (Phi) is 5.78. The van der Waals surface area contributed by atoms with Crippen LogP contribution >= 0.6 is 0 Å². The molecule has 1 fully saturated rings. The van der Waals surface area contributed by atoms with E-state index in [0.717, 1.165) is 11.3 Å². The maximum atomic E-state index is 12.3. The third-order valence-electron chi connectivity index (χ3n) is 4.34. The van der Waals surface area contributed by atoms with Crippen LogP contribution in [0.5, 0.6) is 0 Å². The van der Waals surface area contributed by atoms with Crippen LogP contribution in [0, 0.1) is 0 Å². The molecule has 28 heavy (non-hydrogen) atoms. The van der Waals surface area contributed by atoms with Gasteiger partial charge >= 0.3 is 12.1 Å². The molecule has 1 saturated heterocycles. The number of carbonyl (C=O) groups is 3. The average Bonchev–Trinajstić information content (AvgIpc) is 3.09. The molecule has 0 bridgehead atoms. The Morgan fingerprint density at radius 1 is 1.07 bits per heavy atom. The Labute approximate surface area is 163 Å². The van der Waals surface area contributed by atoms with E-state index in [2.05, 4.69) is 16.0 Å². The van der Waals surface area contributed by atoms with Gasteiger partial charge in [-0.15, -0.1) is 0 Å². The number of carbonyl (C=O) groups excluding carboxylic acids is 3. The van der Waals surface area contributed by atoms with Crippen molar-refractivity contribution in [3.05, 3.63) is 54.1 Å². The maximum Gasteiger partial charge on any atom is 0.323 e. The number of rotatable bonds is 5. The van der Waals surface area contributed by atoms with Crippen molar-refractivity contribution in [1.29, 1.82) is 0 Å². The van der Waals surface area contributed by atoms with Gasteiger partial charge in [-0.25, -0.2) is 9.59 Å². The summed E-state index contributed by atoms with van der Waals surface area (Å²) in [5, 5.41) is 8.26.